The Morgan fingerprint density at radius 2 is 1.19 bits per heavy atom. The lowest BCUT2D eigenvalue weighted by Gasteiger charge is -2.24. The number of ketones is 1. The fourth-order valence-electron chi connectivity index (χ4n) is 4.59. The van der Waals surface area contributed by atoms with E-state index in [4.69, 9.17) is 9.05 Å². The molecule has 6 nitrogen and oxygen atoms in total. The monoisotopic (exact) mass is 534 g/mol. The lowest BCUT2D eigenvalue weighted by molar-refractivity contribution is -0.870. The number of rotatable bonds is 27. The Labute approximate surface area is 224 Å². The molecule has 0 fully saturated rings. The van der Waals surface area contributed by atoms with E-state index in [1.54, 1.807) is 6.92 Å². The molecule has 0 rings (SSSR count). The molecule has 7 heteroatoms. The molecule has 0 spiro atoms. The molecule has 0 bridgehead atoms. The van der Waals surface area contributed by atoms with Gasteiger partial charge in [0.25, 0.3) is 0 Å². The number of nitrogens with zero attached hydrogens (tertiary/aromatic N) is 1. The highest BCUT2D eigenvalue weighted by atomic mass is 31.2. The van der Waals surface area contributed by atoms with Gasteiger partial charge in [0, 0.05) is 12.8 Å². The molecule has 216 valence electrons. The van der Waals surface area contributed by atoms with Gasteiger partial charge in [-0.3, -0.25) is 9.05 Å². The predicted octanol–water partition coefficient (Wildman–Crippen LogP) is 8.46. The molecule has 1 N–H and O–H groups in total. The molecule has 2 atom stereocenters. The van der Waals surface area contributed by atoms with E-state index in [9.17, 15) is 14.3 Å². The minimum absolute atomic E-state index is 0.0236. The van der Waals surface area contributed by atoms with Crippen LogP contribution in [0.3, 0.4) is 0 Å². The summed E-state index contributed by atoms with van der Waals surface area (Å²) in [5.74, 6) is 0.0705. The third-order valence-electron chi connectivity index (χ3n) is 6.74. The molecule has 0 saturated heterocycles. The zero-order chi connectivity index (χ0) is 27.1. The highest BCUT2D eigenvalue weighted by Crippen LogP contribution is 2.44. The maximum atomic E-state index is 12.2. The quantitative estimate of drug-likeness (QED) is 0.0650. The summed E-state index contributed by atoms with van der Waals surface area (Å²) in [4.78, 5) is 21.6. The SMILES string of the molecule is CCCCCCCCCCCCCCCCCCC(COP(=O)(O)OCCC[N+](C)(C)C)CC(C)=O. The van der Waals surface area contributed by atoms with Crippen molar-refractivity contribution in [2.45, 2.75) is 136 Å². The van der Waals surface area contributed by atoms with Crippen molar-refractivity contribution in [3.8, 4) is 0 Å². The number of carbonyl (C=O) groups is 1. The smallest absolute Gasteiger partial charge is 0.331 e. The molecule has 0 radical (unpaired) electrons. The summed E-state index contributed by atoms with van der Waals surface area (Å²) in [6.45, 7) is 4.99. The lowest BCUT2D eigenvalue weighted by atomic mass is 9.96. The van der Waals surface area contributed by atoms with Crippen LogP contribution in [-0.2, 0) is 18.4 Å². The largest absolute Gasteiger partial charge is 0.472 e. The standard InChI is InChI=1S/C29H60NO5P/c1-6-7-8-9-10-11-12-13-14-15-16-17-18-19-20-21-23-29(26-28(2)31)27-35-36(32,33)34-25-22-24-30(3,4)5/h29H,6-27H2,1-5H3/p+1. The molecule has 0 aromatic heterocycles. The average molecular weight is 535 g/mol. The van der Waals surface area contributed by atoms with Gasteiger partial charge in [-0.2, -0.15) is 0 Å². The van der Waals surface area contributed by atoms with Crippen molar-refractivity contribution in [3.05, 3.63) is 0 Å². The van der Waals surface area contributed by atoms with Crippen LogP contribution in [-0.4, -0.2) is 56.1 Å². The molecule has 36 heavy (non-hydrogen) atoms. The van der Waals surface area contributed by atoms with Gasteiger partial charge in [0.1, 0.15) is 5.78 Å². The molecule has 0 aromatic carbocycles. The lowest BCUT2D eigenvalue weighted by Crippen LogP contribution is -2.35. The van der Waals surface area contributed by atoms with Gasteiger partial charge in [-0.1, -0.05) is 110 Å². The summed E-state index contributed by atoms with van der Waals surface area (Å²) in [7, 11) is 2.14. The van der Waals surface area contributed by atoms with Crippen LogP contribution in [0.5, 0.6) is 0 Å². The Bertz CT molecular complexity index is 564. The minimum atomic E-state index is -4.07. The van der Waals surface area contributed by atoms with E-state index in [-0.39, 0.29) is 24.9 Å². The van der Waals surface area contributed by atoms with Gasteiger partial charge in [-0.05, 0) is 19.3 Å². The molecule has 2 unspecified atom stereocenters. The first-order valence-electron chi connectivity index (χ1n) is 15.0. The number of quaternary nitrogens is 1. The van der Waals surface area contributed by atoms with E-state index in [0.717, 1.165) is 30.3 Å². The normalized spacial score (nSPS) is 14.6. The molecule has 0 aliphatic heterocycles. The van der Waals surface area contributed by atoms with Crippen molar-refractivity contribution >= 4 is 13.6 Å². The second-order valence-electron chi connectivity index (χ2n) is 11.8. The Kier molecular flexibility index (Phi) is 22.5. The first-order chi connectivity index (χ1) is 17.1. The number of unbranched alkanes of at least 4 members (excludes halogenated alkanes) is 15. The van der Waals surface area contributed by atoms with Gasteiger partial charge in [0.05, 0.1) is 40.9 Å². The first-order valence-corrected chi connectivity index (χ1v) is 16.5. The van der Waals surface area contributed by atoms with Crippen LogP contribution in [0.25, 0.3) is 0 Å². The van der Waals surface area contributed by atoms with Gasteiger partial charge < -0.3 is 14.2 Å². The second-order valence-corrected chi connectivity index (χ2v) is 13.3. The summed E-state index contributed by atoms with van der Waals surface area (Å²) in [6, 6.07) is 0. The third-order valence-corrected chi connectivity index (χ3v) is 7.73. The Morgan fingerprint density at radius 3 is 1.61 bits per heavy atom. The van der Waals surface area contributed by atoms with Crippen molar-refractivity contribution in [3.63, 3.8) is 0 Å². The Hall–Kier alpha value is -0.260. The maximum Gasteiger partial charge on any atom is 0.472 e. The zero-order valence-electron chi connectivity index (χ0n) is 24.6. The van der Waals surface area contributed by atoms with Crippen LogP contribution in [0.15, 0.2) is 0 Å². The van der Waals surface area contributed by atoms with Crippen molar-refractivity contribution in [2.75, 3.05) is 40.9 Å². The van der Waals surface area contributed by atoms with Crippen LogP contribution < -0.4 is 0 Å². The summed E-state index contributed by atoms with van der Waals surface area (Å²) in [6.07, 6.45) is 23.2. The molecule has 0 heterocycles. The Morgan fingerprint density at radius 1 is 0.750 bits per heavy atom. The number of hydrogen-bond donors (Lipinski definition) is 1. The van der Waals surface area contributed by atoms with E-state index in [0.29, 0.717) is 12.8 Å². The third kappa shape index (κ3) is 26.8. The van der Waals surface area contributed by atoms with E-state index in [2.05, 4.69) is 28.1 Å². The maximum absolute atomic E-state index is 12.2. The van der Waals surface area contributed by atoms with Gasteiger partial charge >= 0.3 is 7.82 Å². The highest BCUT2D eigenvalue weighted by molar-refractivity contribution is 7.47. The van der Waals surface area contributed by atoms with Crippen LogP contribution in [0.2, 0.25) is 0 Å². The van der Waals surface area contributed by atoms with Crippen molar-refractivity contribution in [1.29, 1.82) is 0 Å². The zero-order valence-corrected chi connectivity index (χ0v) is 25.5. The topological polar surface area (TPSA) is 72.8 Å². The fraction of sp³-hybridized carbons (Fsp3) is 0.966. The van der Waals surface area contributed by atoms with Crippen LogP contribution in [0.1, 0.15) is 136 Å². The van der Waals surface area contributed by atoms with Gasteiger partial charge in [-0.25, -0.2) is 4.57 Å². The second kappa shape index (κ2) is 22.7. The van der Waals surface area contributed by atoms with Crippen LogP contribution in [0.4, 0.5) is 0 Å². The molecule has 0 aliphatic carbocycles. The highest BCUT2D eigenvalue weighted by Gasteiger charge is 2.24. The van der Waals surface area contributed by atoms with Crippen molar-refractivity contribution in [1.82, 2.24) is 0 Å². The van der Waals surface area contributed by atoms with Gasteiger partial charge in [0.2, 0.25) is 0 Å². The summed E-state index contributed by atoms with van der Waals surface area (Å²) < 4.78 is 23.3. The summed E-state index contributed by atoms with van der Waals surface area (Å²) in [5.41, 5.74) is 0. The van der Waals surface area contributed by atoms with Crippen LogP contribution >= 0.6 is 7.82 Å². The van der Waals surface area contributed by atoms with Crippen LogP contribution in [0, 0.1) is 5.92 Å². The summed E-state index contributed by atoms with van der Waals surface area (Å²) in [5, 5.41) is 0. The number of Topliss-reactive ketones (excluding diaryl/α,β-unsaturated/α-hetero) is 1. The van der Waals surface area contributed by atoms with Crippen molar-refractivity contribution < 1.29 is 27.8 Å². The van der Waals surface area contributed by atoms with Crippen molar-refractivity contribution in [2.24, 2.45) is 5.92 Å². The molecular formula is C29H61NO5P+. The first kappa shape index (κ1) is 35.7. The number of carbonyl (C=O) groups excluding carboxylic acids is 1. The van der Waals surface area contributed by atoms with E-state index in [1.807, 2.05) is 0 Å². The van der Waals surface area contributed by atoms with E-state index >= 15 is 0 Å². The molecule has 0 aliphatic rings. The van der Waals surface area contributed by atoms with E-state index in [1.165, 1.54) is 89.9 Å². The van der Waals surface area contributed by atoms with Gasteiger partial charge in [-0.15, -0.1) is 0 Å². The average Bonchev–Trinajstić information content (AvgIpc) is 2.79. The number of phosphoric acid groups is 1. The van der Waals surface area contributed by atoms with Gasteiger partial charge in [0.15, 0.2) is 0 Å². The number of hydrogen-bond acceptors (Lipinski definition) is 4. The molecular weight excluding hydrogens is 473 g/mol. The minimum Gasteiger partial charge on any atom is -0.331 e. The van der Waals surface area contributed by atoms with E-state index < -0.39 is 7.82 Å². The molecule has 0 amide bonds. The predicted molar refractivity (Wildman–Crippen MR) is 152 cm³/mol. The molecule has 0 saturated carbocycles. The Balaban J connectivity index is 3.79. The summed E-state index contributed by atoms with van der Waals surface area (Å²) >= 11 is 0. The fourth-order valence-corrected chi connectivity index (χ4v) is 5.42. The number of phosphoric ester groups is 1. The molecule has 0 aromatic rings.